The van der Waals surface area contributed by atoms with Crippen LogP contribution in [-0.2, 0) is 56.0 Å². The van der Waals surface area contributed by atoms with Crippen molar-refractivity contribution in [2.75, 3.05) is 7.11 Å². The molecule has 0 fully saturated rings. The van der Waals surface area contributed by atoms with E-state index in [1.54, 1.807) is 7.11 Å². The van der Waals surface area contributed by atoms with Crippen LogP contribution in [0.3, 0.4) is 0 Å². The first kappa shape index (κ1) is 59.8. The molecule has 0 bridgehead atoms. The van der Waals surface area contributed by atoms with Gasteiger partial charge in [0.1, 0.15) is 6.15 Å². The van der Waals surface area contributed by atoms with Crippen molar-refractivity contribution in [2.45, 2.75) is 56.0 Å². The third-order valence-corrected chi connectivity index (χ3v) is 11.9. The van der Waals surface area contributed by atoms with Gasteiger partial charge in [0, 0.05) is 17.0 Å². The molecule has 0 N–H and O–H groups in total. The summed E-state index contributed by atoms with van der Waals surface area (Å²) >= 11 is 0. The molecule has 0 aliphatic heterocycles. The number of fused-ring (bicyclic) bond motifs is 1. The predicted octanol–water partition coefficient (Wildman–Crippen LogP) is 14.2. The van der Waals surface area contributed by atoms with Crippen molar-refractivity contribution >= 4 is 44.7 Å². The number of carbonyl (C=O) groups excluding carboxylic acids is 1. The van der Waals surface area contributed by atoms with Gasteiger partial charge in [0.15, 0.2) is 0 Å². The van der Waals surface area contributed by atoms with E-state index < -0.39 is 195 Å². The van der Waals surface area contributed by atoms with Crippen LogP contribution in [0, 0.1) is 0 Å². The van der Waals surface area contributed by atoms with Gasteiger partial charge in [-0.25, -0.2) is 0 Å². The molecule has 0 saturated carbocycles. The number of alkyl halides is 24. The number of ether oxygens (including phenoxy) is 1. The normalized spacial score (nSPS) is 13.3. The van der Waals surface area contributed by atoms with E-state index in [2.05, 4.69) is 0 Å². The molecule has 0 aliphatic rings. The molecule has 78 heavy (non-hydrogen) atoms. The maximum absolute atomic E-state index is 14.2. The number of aromatic nitrogens is 1. The van der Waals surface area contributed by atoms with Crippen molar-refractivity contribution in [1.29, 1.82) is 0 Å². The minimum atomic E-state index is -6.13. The summed E-state index contributed by atoms with van der Waals surface area (Å²) in [6.07, 6.45) is -54.8. The van der Waals surface area contributed by atoms with Crippen LogP contribution in [0.25, 0.3) is 10.9 Å². The molecule has 6 aromatic carbocycles. The molecule has 0 saturated heterocycles. The summed E-state index contributed by atoms with van der Waals surface area (Å²) in [6, 6.07) is 12.4. The zero-order valence-corrected chi connectivity index (χ0v) is 38.4. The summed E-state index contributed by atoms with van der Waals surface area (Å²) in [5.41, 5.74) is -28.5. The van der Waals surface area contributed by atoms with Crippen LogP contribution in [-0.4, -0.2) is 19.0 Å². The fourth-order valence-corrected chi connectivity index (χ4v) is 8.51. The molecule has 1 aromatic heterocycles. The number of benzene rings is 6. The number of hydrogen-bond acceptors (Lipinski definition) is 2. The van der Waals surface area contributed by atoms with E-state index >= 15 is 0 Å². The molecule has 7 aromatic rings. The van der Waals surface area contributed by atoms with E-state index in [1.165, 1.54) is 0 Å². The SMILES string of the molecule is COc1ccc2ccccc2[n+]1CC(=O)c1ccccc1.FC(F)(F)c1cc([B-](c2cc(C(F)(F)F)cc(C(F)(F)F)c2)(c2cc(C(F)(F)F)cc(C(F)(F)F)c2)c2cc(C(F)(F)F)cc(C(F)(F)F)c2)cc(C(F)(F)F)c1. The van der Waals surface area contributed by atoms with E-state index in [4.69, 9.17) is 4.74 Å². The molecule has 0 unspecified atom stereocenters. The lowest BCUT2D eigenvalue weighted by Crippen LogP contribution is -2.75. The third kappa shape index (κ3) is 13.1. The van der Waals surface area contributed by atoms with Gasteiger partial charge >= 0.3 is 55.3 Å². The zero-order valence-electron chi connectivity index (χ0n) is 38.4. The second kappa shape index (κ2) is 20.8. The van der Waals surface area contributed by atoms with Crippen molar-refractivity contribution < 1.29 is 119 Å². The highest BCUT2D eigenvalue weighted by Gasteiger charge is 2.47. The fraction of sp³-hybridized carbons (Fsp3) is 0.200. The van der Waals surface area contributed by atoms with Crippen molar-refractivity contribution in [2.24, 2.45) is 0 Å². The summed E-state index contributed by atoms with van der Waals surface area (Å²) in [7, 11) is 1.62. The first-order valence-corrected chi connectivity index (χ1v) is 21.5. The maximum atomic E-state index is 14.2. The topological polar surface area (TPSA) is 30.2 Å². The van der Waals surface area contributed by atoms with Crippen LogP contribution in [0.5, 0.6) is 5.88 Å². The van der Waals surface area contributed by atoms with Crippen molar-refractivity contribution in [3.63, 3.8) is 0 Å². The number of hydrogen-bond donors (Lipinski definition) is 0. The molecule has 0 aliphatic carbocycles. The second-order valence-electron chi connectivity index (χ2n) is 17.0. The number of para-hydroxylation sites is 1. The summed E-state index contributed by atoms with van der Waals surface area (Å²) < 4.78 is 348. The number of methoxy groups -OCH3 is 1. The van der Waals surface area contributed by atoms with Crippen LogP contribution in [0.15, 0.2) is 140 Å². The van der Waals surface area contributed by atoms with Gasteiger partial charge in [-0.1, -0.05) is 91.0 Å². The quantitative estimate of drug-likeness (QED) is 0.0657. The Kier molecular flexibility index (Phi) is 15.9. The summed E-state index contributed by atoms with van der Waals surface area (Å²) in [4.78, 5) is 12.4. The Bertz CT molecular complexity index is 2890. The van der Waals surface area contributed by atoms with Crippen molar-refractivity contribution in [1.82, 2.24) is 0 Å². The Hall–Kier alpha value is -7.42. The molecule has 28 heteroatoms. The number of carbonyl (C=O) groups is 1. The lowest BCUT2D eigenvalue weighted by molar-refractivity contribution is -0.662. The zero-order chi connectivity index (χ0) is 58.6. The molecule has 0 spiro atoms. The molecule has 3 nitrogen and oxygen atoms in total. The molecule has 7 rings (SSSR count). The summed E-state index contributed by atoms with van der Waals surface area (Å²) in [5, 5.41) is 1.08. The third-order valence-electron chi connectivity index (χ3n) is 11.9. The predicted molar refractivity (Wildman–Crippen MR) is 232 cm³/mol. The second-order valence-corrected chi connectivity index (χ2v) is 17.0. The molecule has 0 radical (unpaired) electrons. The van der Waals surface area contributed by atoms with Gasteiger partial charge in [-0.3, -0.25) is 4.79 Å². The number of halogens is 24. The standard InChI is InChI=1S/C32H12BF24.C18H16NO2/c34-25(35,36)13-1-14(26(37,38)39)6-21(5-13)33(22-7-15(27(40,41)42)2-16(8-22)28(43,44)45,23-9-17(29(46,47)48)3-18(10-23)30(49,50)51)24-11-19(31(52,53)54)4-20(12-24)32(55,56)57;1-21-18-12-11-14-7-5-6-10-16(14)19(18)13-17(20)15-8-3-2-4-9-15/h1-12H;2-12H,13H2,1H3/q-1;+1. The highest BCUT2D eigenvalue weighted by atomic mass is 19.4. The van der Waals surface area contributed by atoms with Crippen LogP contribution in [0.4, 0.5) is 105 Å². The van der Waals surface area contributed by atoms with Crippen LogP contribution >= 0.6 is 0 Å². The van der Waals surface area contributed by atoms with E-state index in [-0.39, 0.29) is 12.3 Å². The first-order chi connectivity index (χ1) is 35.6. The fourth-order valence-electron chi connectivity index (χ4n) is 8.51. The van der Waals surface area contributed by atoms with E-state index in [0.717, 1.165) is 10.9 Å². The van der Waals surface area contributed by atoms with Crippen LogP contribution in [0.2, 0.25) is 0 Å². The number of rotatable bonds is 8. The van der Waals surface area contributed by atoms with Gasteiger partial charge in [0.2, 0.25) is 17.8 Å². The monoisotopic (exact) mass is 1140 g/mol. The van der Waals surface area contributed by atoms with Gasteiger partial charge in [-0.05, 0) is 36.4 Å². The Labute approximate surface area is 422 Å². The van der Waals surface area contributed by atoms with Crippen molar-refractivity contribution in [3.05, 3.63) is 190 Å². The van der Waals surface area contributed by atoms with Gasteiger partial charge in [0.25, 0.3) is 0 Å². The molecule has 1 heterocycles. The number of ketones is 1. The Morgan fingerprint density at radius 2 is 0.641 bits per heavy atom. The van der Waals surface area contributed by atoms with E-state index in [1.807, 2.05) is 71.3 Å². The van der Waals surface area contributed by atoms with Gasteiger partial charge < -0.3 is 4.74 Å². The average Bonchev–Trinajstić information content (AvgIpc) is 3.32. The smallest absolute Gasteiger partial charge is 0.416 e. The van der Waals surface area contributed by atoms with Gasteiger partial charge in [-0.2, -0.15) is 132 Å². The summed E-state index contributed by atoms with van der Waals surface area (Å²) in [5.74, 6) is 0.744. The molecule has 416 valence electrons. The largest absolute Gasteiger partial charge is 0.448 e. The molecule has 0 atom stereocenters. The van der Waals surface area contributed by atoms with Crippen molar-refractivity contribution in [3.8, 4) is 5.88 Å². The number of nitrogens with zero attached hydrogens (tertiary/aromatic N) is 1. The Morgan fingerprint density at radius 1 is 0.372 bits per heavy atom. The number of pyridine rings is 1. The van der Waals surface area contributed by atoms with Crippen LogP contribution in [0.1, 0.15) is 54.9 Å². The van der Waals surface area contributed by atoms with E-state index in [0.29, 0.717) is 11.4 Å². The van der Waals surface area contributed by atoms with Gasteiger partial charge in [-0.15, -0.1) is 0 Å². The van der Waals surface area contributed by atoms with Crippen LogP contribution < -0.4 is 31.2 Å². The minimum Gasteiger partial charge on any atom is -0.448 e. The molecular formula is C50H28BF24NO2. The highest BCUT2D eigenvalue weighted by Crippen LogP contribution is 2.41. The molecular weight excluding hydrogens is 1110 g/mol. The average molecular weight is 1140 g/mol. The first-order valence-electron chi connectivity index (χ1n) is 21.5. The highest BCUT2D eigenvalue weighted by molar-refractivity contribution is 7.20. The Morgan fingerprint density at radius 3 is 0.910 bits per heavy atom. The Balaban J connectivity index is 0.000000387. The lowest BCUT2D eigenvalue weighted by Gasteiger charge is -2.46. The molecule has 0 amide bonds. The minimum absolute atomic E-state index is 0.0650. The lowest BCUT2D eigenvalue weighted by atomic mass is 9.12. The number of Topliss-reactive ketones (excluding diaryl/α,β-unsaturated/α-hetero) is 1. The van der Waals surface area contributed by atoms with Gasteiger partial charge in [0.05, 0.1) is 57.7 Å². The summed E-state index contributed by atoms with van der Waals surface area (Å²) in [6.45, 7) is 0.258. The van der Waals surface area contributed by atoms with E-state index in [9.17, 15) is 110 Å². The maximum Gasteiger partial charge on any atom is 0.416 e.